The highest BCUT2D eigenvalue weighted by molar-refractivity contribution is 9.10. The van der Waals surface area contributed by atoms with Crippen LogP contribution >= 0.6 is 15.9 Å². The fraction of sp³-hybridized carbons (Fsp3) is 0.462. The Morgan fingerprint density at radius 2 is 2.06 bits per heavy atom. The lowest BCUT2D eigenvalue weighted by Crippen LogP contribution is -2.02. The van der Waals surface area contributed by atoms with Crippen LogP contribution in [0.25, 0.3) is 10.9 Å². The van der Waals surface area contributed by atoms with Crippen molar-refractivity contribution in [1.29, 1.82) is 0 Å². The summed E-state index contributed by atoms with van der Waals surface area (Å²) in [6.07, 6.45) is 5.36. The molecule has 1 aliphatic rings. The molecule has 2 aromatic rings. The highest BCUT2D eigenvalue weighted by atomic mass is 79.9. The average molecular weight is 279 g/mol. The summed E-state index contributed by atoms with van der Waals surface area (Å²) in [5.41, 5.74) is 2.53. The van der Waals surface area contributed by atoms with Gasteiger partial charge < -0.3 is 0 Å². The van der Waals surface area contributed by atoms with Crippen LogP contribution in [0, 0.1) is 0 Å². The lowest BCUT2D eigenvalue weighted by atomic mass is 10.0. The van der Waals surface area contributed by atoms with E-state index in [1.807, 2.05) is 0 Å². The summed E-state index contributed by atoms with van der Waals surface area (Å²) in [6, 6.07) is 6.26. The summed E-state index contributed by atoms with van der Waals surface area (Å²) < 4.78 is 3.26. The fourth-order valence-corrected chi connectivity index (χ4v) is 3.45. The highest BCUT2D eigenvalue weighted by Gasteiger charge is 2.23. The zero-order valence-corrected chi connectivity index (χ0v) is 11.0. The van der Waals surface area contributed by atoms with Gasteiger partial charge in [-0.15, -0.1) is 0 Å². The molecule has 0 spiro atoms. The third-order valence-electron chi connectivity index (χ3n) is 3.60. The molecule has 84 valence electrons. The Morgan fingerprint density at radius 1 is 1.31 bits per heavy atom. The summed E-state index contributed by atoms with van der Waals surface area (Å²) in [6.45, 7) is 0. The Labute approximate surface area is 104 Å². The van der Waals surface area contributed by atoms with E-state index in [4.69, 9.17) is 0 Å². The van der Waals surface area contributed by atoms with Crippen molar-refractivity contribution in [2.45, 2.75) is 31.6 Å². The minimum absolute atomic E-state index is 0.702. The Bertz CT molecular complexity index is 524. The molecular weight excluding hydrogens is 264 g/mol. The lowest BCUT2D eigenvalue weighted by Gasteiger charge is -2.10. The van der Waals surface area contributed by atoms with Gasteiger partial charge in [-0.2, -0.15) is 5.10 Å². The predicted octanol–water partition coefficient (Wildman–Crippen LogP) is 3.99. The standard InChI is InChI=1S/C13H15BrN2/c1-16-13(9-5-2-3-6-9)12-10(14)7-4-8-11(12)15-16/h4,7-9H,2-3,5-6H2,1H3. The van der Waals surface area contributed by atoms with Crippen molar-refractivity contribution in [3.05, 3.63) is 28.4 Å². The molecule has 3 rings (SSSR count). The molecule has 1 aromatic carbocycles. The van der Waals surface area contributed by atoms with Crippen LogP contribution in [-0.2, 0) is 7.05 Å². The molecule has 0 bridgehead atoms. The van der Waals surface area contributed by atoms with E-state index in [-0.39, 0.29) is 0 Å². The van der Waals surface area contributed by atoms with Crippen molar-refractivity contribution in [1.82, 2.24) is 9.78 Å². The molecule has 2 nitrogen and oxygen atoms in total. The van der Waals surface area contributed by atoms with Crippen LogP contribution in [0.3, 0.4) is 0 Å². The van der Waals surface area contributed by atoms with Gasteiger partial charge in [-0.25, -0.2) is 0 Å². The Kier molecular flexibility index (Phi) is 2.51. The van der Waals surface area contributed by atoms with E-state index in [1.165, 1.54) is 41.2 Å². The van der Waals surface area contributed by atoms with Gasteiger partial charge in [0.2, 0.25) is 0 Å². The van der Waals surface area contributed by atoms with Crippen molar-refractivity contribution in [2.75, 3.05) is 0 Å². The molecule has 1 heterocycles. The number of benzene rings is 1. The third-order valence-corrected chi connectivity index (χ3v) is 4.26. The number of fused-ring (bicyclic) bond motifs is 1. The average Bonchev–Trinajstić information content (AvgIpc) is 2.84. The van der Waals surface area contributed by atoms with E-state index in [0.29, 0.717) is 5.92 Å². The number of hydrogen-bond donors (Lipinski definition) is 0. The Balaban J connectivity index is 2.25. The molecule has 0 saturated heterocycles. The summed E-state index contributed by atoms with van der Waals surface area (Å²) in [5.74, 6) is 0.702. The van der Waals surface area contributed by atoms with Crippen molar-refractivity contribution >= 4 is 26.8 Å². The van der Waals surface area contributed by atoms with Gasteiger partial charge in [-0.1, -0.05) is 34.8 Å². The maximum atomic E-state index is 4.61. The van der Waals surface area contributed by atoms with Gasteiger partial charge in [0.1, 0.15) is 0 Å². The first-order valence-electron chi connectivity index (χ1n) is 5.88. The van der Waals surface area contributed by atoms with Crippen LogP contribution < -0.4 is 0 Å². The predicted molar refractivity (Wildman–Crippen MR) is 69.6 cm³/mol. The van der Waals surface area contributed by atoms with Crippen LogP contribution in [-0.4, -0.2) is 9.78 Å². The van der Waals surface area contributed by atoms with E-state index in [9.17, 15) is 0 Å². The van der Waals surface area contributed by atoms with E-state index in [2.05, 4.69) is 51.0 Å². The zero-order chi connectivity index (χ0) is 11.1. The monoisotopic (exact) mass is 278 g/mol. The number of halogens is 1. The van der Waals surface area contributed by atoms with Crippen LogP contribution in [0.4, 0.5) is 0 Å². The zero-order valence-electron chi connectivity index (χ0n) is 9.41. The molecule has 1 aromatic heterocycles. The highest BCUT2D eigenvalue weighted by Crippen LogP contribution is 2.39. The largest absolute Gasteiger partial charge is 0.271 e. The molecule has 0 aliphatic heterocycles. The molecular formula is C13H15BrN2. The Morgan fingerprint density at radius 3 is 2.81 bits per heavy atom. The second kappa shape index (κ2) is 3.88. The van der Waals surface area contributed by atoms with Crippen LogP contribution in [0.2, 0.25) is 0 Å². The fourth-order valence-electron chi connectivity index (χ4n) is 2.89. The van der Waals surface area contributed by atoms with E-state index in [1.54, 1.807) is 0 Å². The molecule has 0 unspecified atom stereocenters. The molecule has 0 atom stereocenters. The second-order valence-electron chi connectivity index (χ2n) is 4.62. The van der Waals surface area contributed by atoms with Gasteiger partial charge in [0, 0.05) is 22.8 Å². The van der Waals surface area contributed by atoms with Crippen molar-refractivity contribution < 1.29 is 0 Å². The SMILES string of the molecule is Cn1nc2cccc(Br)c2c1C1CCCC1. The summed E-state index contributed by atoms with van der Waals surface area (Å²) in [4.78, 5) is 0. The molecule has 16 heavy (non-hydrogen) atoms. The topological polar surface area (TPSA) is 17.8 Å². The number of aryl methyl sites for hydroxylation is 1. The minimum atomic E-state index is 0.702. The van der Waals surface area contributed by atoms with Gasteiger partial charge in [0.05, 0.1) is 11.2 Å². The quantitative estimate of drug-likeness (QED) is 0.771. The molecule has 1 saturated carbocycles. The Hall–Kier alpha value is -0.830. The first-order valence-corrected chi connectivity index (χ1v) is 6.68. The summed E-state index contributed by atoms with van der Waals surface area (Å²) in [7, 11) is 2.07. The third kappa shape index (κ3) is 1.49. The van der Waals surface area contributed by atoms with Gasteiger partial charge in [0.15, 0.2) is 0 Å². The molecule has 0 amide bonds. The van der Waals surface area contributed by atoms with Gasteiger partial charge in [0.25, 0.3) is 0 Å². The number of hydrogen-bond acceptors (Lipinski definition) is 1. The van der Waals surface area contributed by atoms with Crippen molar-refractivity contribution in [3.63, 3.8) is 0 Å². The first-order chi connectivity index (χ1) is 7.77. The molecule has 3 heteroatoms. The van der Waals surface area contributed by atoms with Crippen LogP contribution in [0.1, 0.15) is 37.3 Å². The van der Waals surface area contributed by atoms with Gasteiger partial charge in [-0.3, -0.25) is 4.68 Å². The first kappa shape index (κ1) is 10.3. The van der Waals surface area contributed by atoms with Crippen LogP contribution in [0.5, 0.6) is 0 Å². The minimum Gasteiger partial charge on any atom is -0.271 e. The smallest absolute Gasteiger partial charge is 0.0937 e. The number of rotatable bonds is 1. The van der Waals surface area contributed by atoms with Crippen molar-refractivity contribution in [3.8, 4) is 0 Å². The molecule has 1 aliphatic carbocycles. The maximum Gasteiger partial charge on any atom is 0.0937 e. The van der Waals surface area contributed by atoms with Crippen LogP contribution in [0.15, 0.2) is 22.7 Å². The number of aromatic nitrogens is 2. The summed E-state index contributed by atoms with van der Waals surface area (Å²) in [5, 5.41) is 5.92. The molecule has 0 radical (unpaired) electrons. The van der Waals surface area contributed by atoms with Gasteiger partial charge >= 0.3 is 0 Å². The molecule has 1 fully saturated rings. The normalized spacial score (nSPS) is 17.4. The molecule has 0 N–H and O–H groups in total. The lowest BCUT2D eigenvalue weighted by molar-refractivity contribution is 0.623. The van der Waals surface area contributed by atoms with Crippen molar-refractivity contribution in [2.24, 2.45) is 7.05 Å². The van der Waals surface area contributed by atoms with E-state index in [0.717, 1.165) is 5.52 Å². The maximum absolute atomic E-state index is 4.61. The summed E-state index contributed by atoms with van der Waals surface area (Å²) >= 11 is 3.65. The van der Waals surface area contributed by atoms with E-state index < -0.39 is 0 Å². The number of nitrogens with zero attached hydrogens (tertiary/aromatic N) is 2. The van der Waals surface area contributed by atoms with Gasteiger partial charge in [-0.05, 0) is 25.0 Å². The second-order valence-corrected chi connectivity index (χ2v) is 5.48. The van der Waals surface area contributed by atoms with E-state index >= 15 is 0 Å².